The van der Waals surface area contributed by atoms with Crippen molar-refractivity contribution in [2.24, 2.45) is 0 Å². The van der Waals surface area contributed by atoms with Gasteiger partial charge in [-0.2, -0.15) is 0 Å². The van der Waals surface area contributed by atoms with Gasteiger partial charge in [-0.15, -0.1) is 0 Å². The van der Waals surface area contributed by atoms with Gasteiger partial charge in [0.2, 0.25) is 0 Å². The molecule has 0 saturated heterocycles. The van der Waals surface area contributed by atoms with Crippen LogP contribution in [0.4, 0.5) is 0 Å². The van der Waals surface area contributed by atoms with Crippen LogP contribution in [0.2, 0.25) is 0 Å². The molecule has 0 atom stereocenters. The van der Waals surface area contributed by atoms with Crippen molar-refractivity contribution in [1.29, 1.82) is 0 Å². The van der Waals surface area contributed by atoms with Gasteiger partial charge in [-0.3, -0.25) is 9.78 Å². The minimum atomic E-state index is -0.249. The van der Waals surface area contributed by atoms with E-state index >= 15 is 0 Å². The van der Waals surface area contributed by atoms with Gasteiger partial charge in [-0.1, -0.05) is 24.3 Å². The third-order valence-electron chi connectivity index (χ3n) is 3.27. The molecule has 0 aliphatic rings. The Morgan fingerprint density at radius 3 is 2.77 bits per heavy atom. The van der Waals surface area contributed by atoms with E-state index < -0.39 is 0 Å². The van der Waals surface area contributed by atoms with E-state index in [-0.39, 0.29) is 5.91 Å². The Morgan fingerprint density at radius 2 is 1.95 bits per heavy atom. The molecule has 0 unspecified atom stereocenters. The lowest BCUT2D eigenvalue weighted by Gasteiger charge is -2.07. The van der Waals surface area contributed by atoms with Crippen molar-refractivity contribution >= 4 is 16.9 Å². The fourth-order valence-electron chi connectivity index (χ4n) is 2.12. The number of carbonyl (C=O) groups excluding carboxylic acids is 1. The van der Waals surface area contributed by atoms with Crippen molar-refractivity contribution < 1.29 is 9.53 Å². The second-order valence-electron chi connectivity index (χ2n) is 4.78. The molecule has 1 aromatic heterocycles. The minimum absolute atomic E-state index is 0.249. The molecule has 0 aliphatic heterocycles. The topological polar surface area (TPSA) is 64.1 Å². The van der Waals surface area contributed by atoms with Gasteiger partial charge in [0, 0.05) is 6.54 Å². The highest BCUT2D eigenvalue weighted by molar-refractivity contribution is 5.93. The first kappa shape index (κ1) is 14.0. The fourth-order valence-corrected chi connectivity index (χ4v) is 2.12. The number of hydrogen-bond acceptors (Lipinski definition) is 4. The number of hydrogen-bond donors (Lipinski definition) is 1. The summed E-state index contributed by atoms with van der Waals surface area (Å²) in [6.07, 6.45) is 1.49. The zero-order chi connectivity index (χ0) is 15.4. The maximum absolute atomic E-state index is 12.2. The molecule has 5 nitrogen and oxygen atoms in total. The molecule has 0 fully saturated rings. The molecule has 0 radical (unpaired) electrons. The normalized spacial score (nSPS) is 10.4. The summed E-state index contributed by atoms with van der Waals surface area (Å²) < 4.78 is 5.16. The SMILES string of the molecule is COc1cccc(CNC(=O)c2cnc3ccccc3n2)c1. The van der Waals surface area contributed by atoms with E-state index in [0.29, 0.717) is 17.8 Å². The molecular weight excluding hydrogens is 278 g/mol. The summed E-state index contributed by atoms with van der Waals surface area (Å²) in [5.41, 5.74) is 2.74. The standard InChI is InChI=1S/C17H15N3O2/c1-22-13-6-4-5-12(9-13)10-19-17(21)16-11-18-14-7-2-3-8-15(14)20-16/h2-9,11H,10H2,1H3,(H,19,21). The average molecular weight is 293 g/mol. The largest absolute Gasteiger partial charge is 0.497 e. The van der Waals surface area contributed by atoms with Gasteiger partial charge in [-0.25, -0.2) is 4.98 Å². The zero-order valence-corrected chi connectivity index (χ0v) is 12.1. The Balaban J connectivity index is 1.72. The maximum atomic E-state index is 12.2. The van der Waals surface area contributed by atoms with Crippen molar-refractivity contribution in [3.05, 3.63) is 66.0 Å². The Hall–Kier alpha value is -2.95. The molecule has 5 heteroatoms. The first-order valence-corrected chi connectivity index (χ1v) is 6.89. The molecule has 110 valence electrons. The molecule has 1 amide bonds. The molecule has 0 aliphatic carbocycles. The quantitative estimate of drug-likeness (QED) is 0.803. The summed E-state index contributed by atoms with van der Waals surface area (Å²) in [7, 11) is 1.61. The van der Waals surface area contributed by atoms with Crippen LogP contribution in [0.1, 0.15) is 16.1 Å². The molecule has 2 aromatic carbocycles. The summed E-state index contributed by atoms with van der Waals surface area (Å²) in [5.74, 6) is 0.512. The number of fused-ring (bicyclic) bond motifs is 1. The Labute approximate surface area is 128 Å². The van der Waals surface area contributed by atoms with Gasteiger partial charge in [0.1, 0.15) is 11.4 Å². The van der Waals surface area contributed by atoms with Crippen molar-refractivity contribution in [3.63, 3.8) is 0 Å². The predicted molar refractivity (Wildman–Crippen MR) is 83.7 cm³/mol. The van der Waals surface area contributed by atoms with Gasteiger partial charge in [0.15, 0.2) is 0 Å². The summed E-state index contributed by atoms with van der Waals surface area (Å²) >= 11 is 0. The molecule has 3 aromatic rings. The lowest BCUT2D eigenvalue weighted by molar-refractivity contribution is 0.0946. The number of ether oxygens (including phenoxy) is 1. The fraction of sp³-hybridized carbons (Fsp3) is 0.118. The third kappa shape index (κ3) is 3.03. The number of nitrogens with zero attached hydrogens (tertiary/aromatic N) is 2. The number of benzene rings is 2. The van der Waals surface area contributed by atoms with Gasteiger partial charge in [-0.05, 0) is 29.8 Å². The predicted octanol–water partition coefficient (Wildman–Crippen LogP) is 2.57. The van der Waals surface area contributed by atoms with Crippen molar-refractivity contribution in [1.82, 2.24) is 15.3 Å². The summed E-state index contributed by atoms with van der Waals surface area (Å²) in [6, 6.07) is 15.0. The number of aromatic nitrogens is 2. The van der Waals surface area contributed by atoms with E-state index in [0.717, 1.165) is 16.8 Å². The van der Waals surface area contributed by atoms with E-state index in [1.165, 1.54) is 6.20 Å². The van der Waals surface area contributed by atoms with Gasteiger partial charge < -0.3 is 10.1 Å². The number of carbonyl (C=O) groups is 1. The van der Waals surface area contributed by atoms with Crippen LogP contribution in [0.25, 0.3) is 11.0 Å². The van der Waals surface area contributed by atoms with Crippen LogP contribution < -0.4 is 10.1 Å². The Kier molecular flexibility index (Phi) is 3.96. The van der Waals surface area contributed by atoms with Gasteiger partial charge in [0.25, 0.3) is 5.91 Å². The van der Waals surface area contributed by atoms with Crippen LogP contribution in [0.3, 0.4) is 0 Å². The van der Waals surface area contributed by atoms with Crippen LogP contribution >= 0.6 is 0 Å². The van der Waals surface area contributed by atoms with E-state index in [4.69, 9.17) is 4.74 Å². The molecule has 1 N–H and O–H groups in total. The maximum Gasteiger partial charge on any atom is 0.271 e. The zero-order valence-electron chi connectivity index (χ0n) is 12.1. The highest BCUT2D eigenvalue weighted by Crippen LogP contribution is 2.12. The Bertz CT molecular complexity index is 818. The van der Waals surface area contributed by atoms with Crippen molar-refractivity contribution in [2.75, 3.05) is 7.11 Å². The molecule has 1 heterocycles. The second-order valence-corrected chi connectivity index (χ2v) is 4.78. The minimum Gasteiger partial charge on any atom is -0.497 e. The van der Waals surface area contributed by atoms with E-state index in [2.05, 4.69) is 15.3 Å². The van der Waals surface area contributed by atoms with Crippen LogP contribution in [0.5, 0.6) is 5.75 Å². The summed E-state index contributed by atoms with van der Waals surface area (Å²) in [4.78, 5) is 20.7. The summed E-state index contributed by atoms with van der Waals surface area (Å²) in [5, 5.41) is 2.83. The highest BCUT2D eigenvalue weighted by atomic mass is 16.5. The van der Waals surface area contributed by atoms with Gasteiger partial charge >= 0.3 is 0 Å². The molecule has 0 bridgehead atoms. The van der Waals surface area contributed by atoms with Gasteiger partial charge in [0.05, 0.1) is 24.3 Å². The number of nitrogens with one attached hydrogen (secondary N) is 1. The molecule has 22 heavy (non-hydrogen) atoms. The van der Waals surface area contributed by atoms with Crippen LogP contribution in [0, 0.1) is 0 Å². The molecule has 0 spiro atoms. The monoisotopic (exact) mass is 293 g/mol. The van der Waals surface area contributed by atoms with Crippen molar-refractivity contribution in [2.45, 2.75) is 6.54 Å². The average Bonchev–Trinajstić information content (AvgIpc) is 2.59. The second kappa shape index (κ2) is 6.22. The lowest BCUT2D eigenvalue weighted by atomic mass is 10.2. The van der Waals surface area contributed by atoms with Crippen LogP contribution in [0.15, 0.2) is 54.7 Å². The molecule has 0 saturated carbocycles. The molecular formula is C17H15N3O2. The molecule has 3 rings (SSSR count). The number of rotatable bonds is 4. The first-order chi connectivity index (χ1) is 10.8. The summed E-state index contributed by atoms with van der Waals surface area (Å²) in [6.45, 7) is 0.407. The van der Waals surface area contributed by atoms with E-state index in [1.54, 1.807) is 7.11 Å². The first-order valence-electron chi connectivity index (χ1n) is 6.89. The van der Waals surface area contributed by atoms with Crippen molar-refractivity contribution in [3.8, 4) is 5.75 Å². The third-order valence-corrected chi connectivity index (χ3v) is 3.27. The van der Waals surface area contributed by atoms with Crippen LogP contribution in [-0.2, 0) is 6.54 Å². The lowest BCUT2D eigenvalue weighted by Crippen LogP contribution is -2.24. The smallest absolute Gasteiger partial charge is 0.271 e. The Morgan fingerprint density at radius 1 is 1.14 bits per heavy atom. The van der Waals surface area contributed by atoms with Crippen LogP contribution in [-0.4, -0.2) is 23.0 Å². The number of para-hydroxylation sites is 2. The van der Waals surface area contributed by atoms with E-state index in [1.807, 2.05) is 48.5 Å². The number of amides is 1. The van der Waals surface area contributed by atoms with E-state index in [9.17, 15) is 4.79 Å². The highest BCUT2D eigenvalue weighted by Gasteiger charge is 2.09. The number of methoxy groups -OCH3 is 1.